The Bertz CT molecular complexity index is 497. The third kappa shape index (κ3) is 4.10. The smallest absolute Gasteiger partial charge is 0.207 e. The van der Waals surface area contributed by atoms with E-state index in [0.717, 1.165) is 23.3 Å². The molecule has 0 saturated carbocycles. The molecule has 1 heterocycles. The number of hydrogen-bond donors (Lipinski definition) is 1. The monoisotopic (exact) mass is 256 g/mol. The Morgan fingerprint density at radius 2 is 2.00 bits per heavy atom. The molecule has 0 fully saturated rings. The molecule has 0 radical (unpaired) electrons. The van der Waals surface area contributed by atoms with E-state index in [1.54, 1.807) is 6.20 Å². The Morgan fingerprint density at radius 1 is 1.16 bits per heavy atom. The predicted octanol–water partition coefficient (Wildman–Crippen LogP) is 2.26. The van der Waals surface area contributed by atoms with Crippen LogP contribution in [0.3, 0.4) is 0 Å². The van der Waals surface area contributed by atoms with Gasteiger partial charge in [-0.3, -0.25) is 9.78 Å². The second kappa shape index (κ2) is 7.16. The summed E-state index contributed by atoms with van der Waals surface area (Å²) in [6.45, 7) is 1.23. The molecule has 0 aliphatic rings. The van der Waals surface area contributed by atoms with Crippen molar-refractivity contribution in [1.82, 2.24) is 10.3 Å². The zero-order valence-electron chi connectivity index (χ0n) is 10.6. The van der Waals surface area contributed by atoms with E-state index in [1.165, 1.54) is 0 Å². The summed E-state index contributed by atoms with van der Waals surface area (Å²) in [5.74, 6) is 0.832. The van der Waals surface area contributed by atoms with Crippen LogP contribution in [0.2, 0.25) is 0 Å². The quantitative estimate of drug-likeness (QED) is 0.610. The largest absolute Gasteiger partial charge is 0.494 e. The molecule has 4 heteroatoms. The summed E-state index contributed by atoms with van der Waals surface area (Å²) < 4.78 is 5.57. The number of pyridine rings is 1. The number of carbonyl (C=O) groups excluding carboxylic acids is 1. The van der Waals surface area contributed by atoms with Gasteiger partial charge in [0.05, 0.1) is 6.61 Å². The van der Waals surface area contributed by atoms with Crippen LogP contribution in [0.15, 0.2) is 48.8 Å². The minimum atomic E-state index is 0.590. The summed E-state index contributed by atoms with van der Waals surface area (Å²) >= 11 is 0. The highest BCUT2D eigenvalue weighted by atomic mass is 16.5. The average Bonchev–Trinajstić information content (AvgIpc) is 2.49. The molecule has 98 valence electrons. The maximum absolute atomic E-state index is 10.1. The lowest BCUT2D eigenvalue weighted by atomic mass is 10.1. The number of rotatable bonds is 7. The standard InChI is InChI=1S/C15H16N2O2/c18-12-17-9-2-10-19-15-6-4-13(5-7-15)14-3-1-8-16-11-14/h1,3-8,11-12H,2,9-10H2,(H,17,18). The first kappa shape index (κ1) is 13.1. The van der Waals surface area contributed by atoms with Gasteiger partial charge in [0, 0.05) is 18.9 Å². The van der Waals surface area contributed by atoms with Crippen LogP contribution < -0.4 is 10.1 Å². The van der Waals surface area contributed by atoms with Gasteiger partial charge < -0.3 is 10.1 Å². The molecule has 0 bridgehead atoms. The maximum atomic E-state index is 10.1. The van der Waals surface area contributed by atoms with Crippen LogP contribution >= 0.6 is 0 Å². The summed E-state index contributed by atoms with van der Waals surface area (Å²) in [6, 6.07) is 11.8. The Hall–Kier alpha value is -2.36. The maximum Gasteiger partial charge on any atom is 0.207 e. The van der Waals surface area contributed by atoms with Crippen LogP contribution in [-0.2, 0) is 4.79 Å². The number of nitrogens with one attached hydrogen (secondary N) is 1. The molecule has 1 aromatic heterocycles. The first-order chi connectivity index (χ1) is 9.40. The molecule has 2 aromatic rings. The SMILES string of the molecule is O=CNCCCOc1ccc(-c2cccnc2)cc1. The van der Waals surface area contributed by atoms with Crippen molar-refractivity contribution in [1.29, 1.82) is 0 Å². The van der Waals surface area contributed by atoms with Gasteiger partial charge in [-0.05, 0) is 35.7 Å². The predicted molar refractivity (Wildman–Crippen MR) is 73.9 cm³/mol. The molecule has 0 saturated heterocycles. The fourth-order valence-electron chi connectivity index (χ4n) is 1.70. The van der Waals surface area contributed by atoms with Crippen molar-refractivity contribution < 1.29 is 9.53 Å². The molecule has 0 aliphatic heterocycles. The highest BCUT2D eigenvalue weighted by Crippen LogP contribution is 2.21. The molecule has 4 nitrogen and oxygen atoms in total. The lowest BCUT2D eigenvalue weighted by molar-refractivity contribution is -0.109. The van der Waals surface area contributed by atoms with Crippen molar-refractivity contribution in [3.63, 3.8) is 0 Å². The van der Waals surface area contributed by atoms with Gasteiger partial charge in [-0.1, -0.05) is 18.2 Å². The zero-order valence-corrected chi connectivity index (χ0v) is 10.6. The number of carbonyl (C=O) groups is 1. The van der Waals surface area contributed by atoms with Gasteiger partial charge in [-0.15, -0.1) is 0 Å². The average molecular weight is 256 g/mol. The third-order valence-corrected chi connectivity index (χ3v) is 2.67. The minimum absolute atomic E-state index is 0.590. The molecular formula is C15H16N2O2. The van der Waals surface area contributed by atoms with Gasteiger partial charge in [-0.2, -0.15) is 0 Å². The summed E-state index contributed by atoms with van der Waals surface area (Å²) in [4.78, 5) is 14.1. The lowest BCUT2D eigenvalue weighted by Gasteiger charge is -2.07. The van der Waals surface area contributed by atoms with Crippen LogP contribution in [0.4, 0.5) is 0 Å². The van der Waals surface area contributed by atoms with Crippen molar-refractivity contribution in [2.45, 2.75) is 6.42 Å². The van der Waals surface area contributed by atoms with Crippen LogP contribution in [-0.4, -0.2) is 24.5 Å². The lowest BCUT2D eigenvalue weighted by Crippen LogP contribution is -2.14. The highest BCUT2D eigenvalue weighted by Gasteiger charge is 1.98. The Balaban J connectivity index is 1.87. The third-order valence-electron chi connectivity index (χ3n) is 2.67. The van der Waals surface area contributed by atoms with E-state index < -0.39 is 0 Å². The van der Waals surface area contributed by atoms with E-state index in [2.05, 4.69) is 10.3 Å². The molecule has 0 spiro atoms. The first-order valence-electron chi connectivity index (χ1n) is 6.20. The van der Waals surface area contributed by atoms with Gasteiger partial charge >= 0.3 is 0 Å². The van der Waals surface area contributed by atoms with E-state index in [4.69, 9.17) is 4.74 Å². The van der Waals surface area contributed by atoms with Gasteiger partial charge in [0.2, 0.25) is 6.41 Å². The number of ether oxygens (including phenoxy) is 1. The van der Waals surface area contributed by atoms with E-state index in [-0.39, 0.29) is 0 Å². The first-order valence-corrected chi connectivity index (χ1v) is 6.20. The van der Waals surface area contributed by atoms with E-state index in [1.807, 2.05) is 42.6 Å². The normalized spacial score (nSPS) is 9.89. The van der Waals surface area contributed by atoms with Crippen molar-refractivity contribution >= 4 is 6.41 Å². The minimum Gasteiger partial charge on any atom is -0.494 e. The molecule has 0 aliphatic carbocycles. The molecule has 0 unspecified atom stereocenters. The van der Waals surface area contributed by atoms with Crippen molar-refractivity contribution in [2.75, 3.05) is 13.2 Å². The van der Waals surface area contributed by atoms with Crippen LogP contribution in [0.5, 0.6) is 5.75 Å². The molecule has 19 heavy (non-hydrogen) atoms. The van der Waals surface area contributed by atoms with Gasteiger partial charge in [0.25, 0.3) is 0 Å². The van der Waals surface area contributed by atoms with Crippen LogP contribution in [0.25, 0.3) is 11.1 Å². The fraction of sp³-hybridized carbons (Fsp3) is 0.200. The molecule has 1 aromatic carbocycles. The summed E-state index contributed by atoms with van der Waals surface area (Å²) in [5.41, 5.74) is 2.20. The molecule has 0 atom stereocenters. The van der Waals surface area contributed by atoms with Crippen LogP contribution in [0.1, 0.15) is 6.42 Å². The Kier molecular flexibility index (Phi) is 4.93. The number of nitrogens with zero attached hydrogens (tertiary/aromatic N) is 1. The van der Waals surface area contributed by atoms with E-state index in [0.29, 0.717) is 19.6 Å². The topological polar surface area (TPSA) is 51.2 Å². The second-order valence-electron chi connectivity index (χ2n) is 4.04. The number of aromatic nitrogens is 1. The number of amides is 1. The van der Waals surface area contributed by atoms with Crippen LogP contribution in [0, 0.1) is 0 Å². The van der Waals surface area contributed by atoms with Gasteiger partial charge in [-0.25, -0.2) is 0 Å². The Labute approximate surface area is 112 Å². The zero-order chi connectivity index (χ0) is 13.3. The molecular weight excluding hydrogens is 240 g/mol. The van der Waals surface area contributed by atoms with Gasteiger partial charge in [0.15, 0.2) is 0 Å². The summed E-state index contributed by atoms with van der Waals surface area (Å²) in [6.07, 6.45) is 5.08. The van der Waals surface area contributed by atoms with E-state index in [9.17, 15) is 4.79 Å². The fourth-order valence-corrected chi connectivity index (χ4v) is 1.70. The van der Waals surface area contributed by atoms with Crippen molar-refractivity contribution in [3.05, 3.63) is 48.8 Å². The molecule has 1 N–H and O–H groups in total. The Morgan fingerprint density at radius 3 is 2.68 bits per heavy atom. The summed E-state index contributed by atoms with van der Waals surface area (Å²) in [5, 5.41) is 2.60. The second-order valence-corrected chi connectivity index (χ2v) is 4.04. The molecule has 1 amide bonds. The van der Waals surface area contributed by atoms with Crippen molar-refractivity contribution in [2.24, 2.45) is 0 Å². The number of benzene rings is 1. The van der Waals surface area contributed by atoms with Crippen molar-refractivity contribution in [3.8, 4) is 16.9 Å². The highest BCUT2D eigenvalue weighted by molar-refractivity contribution is 5.62. The summed E-state index contributed by atoms with van der Waals surface area (Å²) in [7, 11) is 0. The number of hydrogen-bond acceptors (Lipinski definition) is 3. The van der Waals surface area contributed by atoms with E-state index >= 15 is 0 Å². The molecule has 2 rings (SSSR count). The van der Waals surface area contributed by atoms with Gasteiger partial charge in [0.1, 0.15) is 5.75 Å².